The van der Waals surface area contributed by atoms with E-state index in [4.69, 9.17) is 4.74 Å². The summed E-state index contributed by atoms with van der Waals surface area (Å²) in [6.45, 7) is 3.46. The SMILES string of the molecule is COc1cccc(N(CC(=O)N[C@H](C)c2ccc3c(c2)CCC3)S(=O)(=O)c2ccc(C)cc2)c1. The lowest BCUT2D eigenvalue weighted by Crippen LogP contribution is -2.41. The van der Waals surface area contributed by atoms with Crippen molar-refractivity contribution in [2.24, 2.45) is 0 Å². The van der Waals surface area contributed by atoms with Crippen molar-refractivity contribution in [1.29, 1.82) is 0 Å². The largest absolute Gasteiger partial charge is 0.497 e. The van der Waals surface area contributed by atoms with E-state index in [0.29, 0.717) is 11.4 Å². The highest BCUT2D eigenvalue weighted by molar-refractivity contribution is 7.92. The number of sulfonamides is 1. The number of fused-ring (bicyclic) bond motifs is 1. The van der Waals surface area contributed by atoms with Gasteiger partial charge < -0.3 is 10.1 Å². The van der Waals surface area contributed by atoms with E-state index in [1.54, 1.807) is 48.5 Å². The first kappa shape index (κ1) is 23.8. The third-order valence-electron chi connectivity index (χ3n) is 6.24. The molecule has 0 aromatic heterocycles. The monoisotopic (exact) mass is 478 g/mol. The third-order valence-corrected chi connectivity index (χ3v) is 8.03. The molecule has 0 saturated carbocycles. The maximum Gasteiger partial charge on any atom is 0.264 e. The van der Waals surface area contributed by atoms with Crippen LogP contribution in [0.4, 0.5) is 5.69 Å². The smallest absolute Gasteiger partial charge is 0.264 e. The van der Waals surface area contributed by atoms with Gasteiger partial charge in [-0.15, -0.1) is 0 Å². The Morgan fingerprint density at radius 3 is 2.50 bits per heavy atom. The van der Waals surface area contributed by atoms with E-state index in [1.165, 1.54) is 18.2 Å². The predicted octanol–water partition coefficient (Wildman–Crippen LogP) is 4.57. The van der Waals surface area contributed by atoms with E-state index < -0.39 is 10.0 Å². The van der Waals surface area contributed by atoms with Gasteiger partial charge >= 0.3 is 0 Å². The quantitative estimate of drug-likeness (QED) is 0.515. The lowest BCUT2D eigenvalue weighted by atomic mass is 10.0. The Bertz CT molecular complexity index is 1290. The summed E-state index contributed by atoms with van der Waals surface area (Å²) in [5.74, 6) is 0.125. The second kappa shape index (κ2) is 9.89. The molecule has 0 fully saturated rings. The number of carbonyl (C=O) groups excluding carboxylic acids is 1. The molecule has 0 aliphatic heterocycles. The van der Waals surface area contributed by atoms with Crippen LogP contribution in [0.2, 0.25) is 0 Å². The highest BCUT2D eigenvalue weighted by atomic mass is 32.2. The molecule has 6 nitrogen and oxygen atoms in total. The zero-order chi connectivity index (χ0) is 24.3. The van der Waals surface area contributed by atoms with E-state index >= 15 is 0 Å². The van der Waals surface area contributed by atoms with Gasteiger partial charge in [-0.1, -0.05) is 42.0 Å². The molecule has 1 amide bonds. The van der Waals surface area contributed by atoms with E-state index in [-0.39, 0.29) is 23.4 Å². The highest BCUT2D eigenvalue weighted by Gasteiger charge is 2.28. The standard InChI is InChI=1S/C27H30N2O4S/c1-19-10-14-26(15-11-19)34(31,32)29(24-8-5-9-25(17-24)33-3)18-27(30)28-20(2)22-13-12-21-6-4-7-23(21)16-22/h5,8-17,20H,4,6-7,18H2,1-3H3,(H,28,30)/t20-/m1/s1. The minimum Gasteiger partial charge on any atom is -0.497 e. The van der Waals surface area contributed by atoms with Gasteiger partial charge in [-0.25, -0.2) is 8.42 Å². The molecule has 0 radical (unpaired) electrons. The molecule has 0 spiro atoms. The fourth-order valence-corrected chi connectivity index (χ4v) is 5.69. The number of ether oxygens (including phenoxy) is 1. The first-order valence-electron chi connectivity index (χ1n) is 11.4. The van der Waals surface area contributed by atoms with Crippen LogP contribution in [0.25, 0.3) is 0 Å². The van der Waals surface area contributed by atoms with E-state index in [0.717, 1.165) is 34.7 Å². The lowest BCUT2D eigenvalue weighted by molar-refractivity contribution is -0.120. The van der Waals surface area contributed by atoms with Crippen LogP contribution in [-0.2, 0) is 27.7 Å². The molecule has 1 N–H and O–H groups in total. The Hall–Kier alpha value is -3.32. The van der Waals surface area contributed by atoms with Crippen molar-refractivity contribution in [3.63, 3.8) is 0 Å². The first-order chi connectivity index (χ1) is 16.3. The zero-order valence-electron chi connectivity index (χ0n) is 19.7. The molecule has 0 saturated heterocycles. The summed E-state index contributed by atoms with van der Waals surface area (Å²) in [5.41, 5.74) is 5.03. The molecule has 34 heavy (non-hydrogen) atoms. The molecule has 0 unspecified atom stereocenters. The number of anilines is 1. The Labute approximate surface area is 201 Å². The molecule has 0 bridgehead atoms. The molecular weight excluding hydrogens is 448 g/mol. The van der Waals surface area contributed by atoms with Gasteiger partial charge in [-0.3, -0.25) is 9.10 Å². The van der Waals surface area contributed by atoms with Crippen molar-refractivity contribution < 1.29 is 17.9 Å². The van der Waals surface area contributed by atoms with Crippen LogP contribution in [-0.4, -0.2) is 28.0 Å². The summed E-state index contributed by atoms with van der Waals surface area (Å²) in [6, 6.07) is 19.4. The van der Waals surface area contributed by atoms with E-state index in [9.17, 15) is 13.2 Å². The topological polar surface area (TPSA) is 75.7 Å². The summed E-state index contributed by atoms with van der Waals surface area (Å²) >= 11 is 0. The molecule has 178 valence electrons. The molecule has 3 aromatic carbocycles. The number of amides is 1. The number of aryl methyl sites for hydroxylation is 3. The molecule has 4 rings (SSSR count). The van der Waals surface area contributed by atoms with Crippen molar-refractivity contribution in [1.82, 2.24) is 5.32 Å². The van der Waals surface area contributed by atoms with E-state index in [2.05, 4.69) is 17.4 Å². The Balaban J connectivity index is 1.59. The van der Waals surface area contributed by atoms with Gasteiger partial charge in [0.05, 0.1) is 23.7 Å². The molecular formula is C27H30N2O4S. The van der Waals surface area contributed by atoms with Gasteiger partial charge in [0, 0.05) is 6.07 Å². The van der Waals surface area contributed by atoms with Crippen molar-refractivity contribution in [3.05, 3.63) is 89.0 Å². The molecule has 1 aliphatic rings. The minimum absolute atomic E-state index is 0.125. The maximum atomic E-state index is 13.6. The Kier molecular flexibility index (Phi) is 6.93. The number of nitrogens with zero attached hydrogens (tertiary/aromatic N) is 1. The van der Waals surface area contributed by atoms with Gasteiger partial charge in [0.1, 0.15) is 12.3 Å². The minimum atomic E-state index is -3.98. The second-order valence-electron chi connectivity index (χ2n) is 8.70. The molecule has 3 aromatic rings. The van der Waals surface area contributed by atoms with Crippen LogP contribution in [0.5, 0.6) is 5.75 Å². The summed E-state index contributed by atoms with van der Waals surface area (Å²) in [4.78, 5) is 13.2. The number of carbonyl (C=O) groups is 1. The molecule has 0 heterocycles. The fraction of sp³-hybridized carbons (Fsp3) is 0.296. The molecule has 7 heteroatoms. The van der Waals surface area contributed by atoms with Gasteiger partial charge in [-0.2, -0.15) is 0 Å². The van der Waals surface area contributed by atoms with Crippen LogP contribution in [0.3, 0.4) is 0 Å². The lowest BCUT2D eigenvalue weighted by Gasteiger charge is -2.25. The van der Waals surface area contributed by atoms with E-state index in [1.807, 2.05) is 19.9 Å². The molecule has 1 atom stereocenters. The Morgan fingerprint density at radius 1 is 1.03 bits per heavy atom. The number of nitrogens with one attached hydrogen (secondary N) is 1. The van der Waals surface area contributed by atoms with Crippen LogP contribution in [0.1, 0.15) is 41.6 Å². The van der Waals surface area contributed by atoms with Crippen LogP contribution in [0.15, 0.2) is 71.6 Å². The highest BCUT2D eigenvalue weighted by Crippen LogP contribution is 2.28. The summed E-state index contributed by atoms with van der Waals surface area (Å²) < 4.78 is 33.5. The Morgan fingerprint density at radius 2 is 1.76 bits per heavy atom. The second-order valence-corrected chi connectivity index (χ2v) is 10.6. The van der Waals surface area contributed by atoms with Crippen molar-refractivity contribution in [2.75, 3.05) is 18.0 Å². The van der Waals surface area contributed by atoms with Gasteiger partial charge in [-0.05, 0) is 74.1 Å². The molecule has 1 aliphatic carbocycles. The third kappa shape index (κ3) is 5.09. The summed E-state index contributed by atoms with van der Waals surface area (Å²) in [7, 11) is -2.47. The van der Waals surface area contributed by atoms with Gasteiger partial charge in [0.2, 0.25) is 5.91 Å². The van der Waals surface area contributed by atoms with Crippen molar-refractivity contribution >= 4 is 21.6 Å². The number of methoxy groups -OCH3 is 1. The van der Waals surface area contributed by atoms with Crippen LogP contribution in [0, 0.1) is 6.92 Å². The zero-order valence-corrected chi connectivity index (χ0v) is 20.6. The average Bonchev–Trinajstić information content (AvgIpc) is 3.30. The average molecular weight is 479 g/mol. The summed E-state index contributed by atoms with van der Waals surface area (Å²) in [5, 5.41) is 2.97. The first-order valence-corrected chi connectivity index (χ1v) is 12.9. The number of rotatable bonds is 8. The van der Waals surface area contributed by atoms with Gasteiger partial charge in [0.25, 0.3) is 10.0 Å². The van der Waals surface area contributed by atoms with Crippen molar-refractivity contribution in [2.45, 2.75) is 44.0 Å². The van der Waals surface area contributed by atoms with Crippen molar-refractivity contribution in [3.8, 4) is 5.75 Å². The predicted molar refractivity (Wildman–Crippen MR) is 134 cm³/mol. The van der Waals surface area contributed by atoms with Gasteiger partial charge in [0.15, 0.2) is 0 Å². The fourth-order valence-electron chi connectivity index (χ4n) is 4.28. The maximum absolute atomic E-state index is 13.6. The number of benzene rings is 3. The summed E-state index contributed by atoms with van der Waals surface area (Å²) in [6.07, 6.45) is 3.32. The normalized spacial score (nSPS) is 13.7. The van der Waals surface area contributed by atoms with Crippen LogP contribution >= 0.6 is 0 Å². The number of hydrogen-bond acceptors (Lipinski definition) is 4. The van der Waals surface area contributed by atoms with Crippen LogP contribution < -0.4 is 14.4 Å². The number of hydrogen-bond donors (Lipinski definition) is 1.